The molecule has 0 radical (unpaired) electrons. The Hall–Kier alpha value is -0.773. The molecule has 0 bridgehead atoms. The maximum atomic E-state index is 2.41. The molecule has 0 fully saturated rings. The van der Waals surface area contributed by atoms with Crippen LogP contribution in [0.2, 0.25) is 19.6 Å². The number of hydrogen-bond acceptors (Lipinski definition) is 2. The van der Waals surface area contributed by atoms with E-state index in [9.17, 15) is 0 Å². The monoisotopic (exact) mass is 290 g/mol. The van der Waals surface area contributed by atoms with Crippen molar-refractivity contribution < 1.29 is 0 Å². The van der Waals surface area contributed by atoms with E-state index < -0.39 is 8.07 Å². The maximum Gasteiger partial charge on any atom is 0.0862 e. The summed E-state index contributed by atoms with van der Waals surface area (Å²) < 4.78 is 1.54. The molecule has 0 amide bonds. The van der Waals surface area contributed by atoms with Crippen LogP contribution in [0, 0.1) is 0 Å². The third-order valence-electron chi connectivity index (χ3n) is 2.53. The van der Waals surface area contributed by atoms with Crippen LogP contribution in [0.1, 0.15) is 4.88 Å². The Labute approximate surface area is 119 Å². The van der Waals surface area contributed by atoms with Crippen LogP contribution in [-0.4, -0.2) is 8.07 Å². The molecule has 0 aliphatic carbocycles. The van der Waals surface area contributed by atoms with Crippen LogP contribution < -0.4 is 0 Å². The van der Waals surface area contributed by atoms with Crippen molar-refractivity contribution in [1.29, 1.82) is 0 Å². The maximum absolute atomic E-state index is 2.41. The van der Waals surface area contributed by atoms with Crippen molar-refractivity contribution in [3.8, 4) is 0 Å². The number of benzene rings is 1. The lowest BCUT2D eigenvalue weighted by atomic mass is 10.4. The van der Waals surface area contributed by atoms with Gasteiger partial charge in [0.15, 0.2) is 0 Å². The molecule has 0 saturated heterocycles. The van der Waals surface area contributed by atoms with E-state index in [-0.39, 0.29) is 0 Å². The second kappa shape index (κ2) is 5.91. The van der Waals surface area contributed by atoms with Gasteiger partial charge in [-0.3, -0.25) is 0 Å². The van der Waals surface area contributed by atoms with Crippen molar-refractivity contribution in [3.63, 3.8) is 0 Å². The first-order valence-electron chi connectivity index (χ1n) is 6.04. The molecule has 0 aliphatic rings. The average Bonchev–Trinajstić information content (AvgIpc) is 2.81. The van der Waals surface area contributed by atoms with E-state index >= 15 is 0 Å². The van der Waals surface area contributed by atoms with Gasteiger partial charge in [0.05, 0.1) is 8.07 Å². The number of rotatable bonds is 4. The highest BCUT2D eigenvalue weighted by Gasteiger charge is 2.20. The fraction of sp³-hybridized carbons (Fsp3) is 0.200. The highest BCUT2D eigenvalue weighted by atomic mass is 32.2. The summed E-state index contributed by atoms with van der Waals surface area (Å²) in [5.41, 5.74) is 0. The van der Waals surface area contributed by atoms with Crippen LogP contribution in [0.3, 0.4) is 0 Å². The molecule has 1 aromatic carbocycles. The predicted octanol–water partition coefficient (Wildman–Crippen LogP) is 5.76. The Morgan fingerprint density at radius 3 is 2.33 bits per heavy atom. The Bertz CT molecular complexity index is 507. The lowest BCUT2D eigenvalue weighted by molar-refractivity contribution is 1.47. The molecule has 0 nitrogen and oxygen atoms in total. The van der Waals surface area contributed by atoms with Gasteiger partial charge in [-0.2, -0.15) is 0 Å². The van der Waals surface area contributed by atoms with Gasteiger partial charge in [-0.05, 0) is 34.2 Å². The van der Waals surface area contributed by atoms with Crippen molar-refractivity contribution in [2.75, 3.05) is 0 Å². The quantitative estimate of drug-likeness (QED) is 0.509. The Morgan fingerprint density at radius 2 is 1.78 bits per heavy atom. The molecule has 0 aliphatic heterocycles. The molecule has 1 heterocycles. The Balaban J connectivity index is 2.27. The van der Waals surface area contributed by atoms with Crippen molar-refractivity contribution in [2.24, 2.45) is 0 Å². The highest BCUT2D eigenvalue weighted by Crippen LogP contribution is 2.35. The van der Waals surface area contributed by atoms with Crippen LogP contribution in [0.15, 0.2) is 57.3 Å². The standard InChI is InChI=1S/C15H18S2Si/c1-18(2,3)15(12-14-10-7-11-16-14)17-13-8-5-4-6-9-13/h4-12H,1-3H3/b15-12+. The van der Waals surface area contributed by atoms with E-state index in [1.54, 1.807) is 0 Å². The molecule has 0 atom stereocenters. The molecule has 0 unspecified atom stereocenters. The summed E-state index contributed by atoms with van der Waals surface area (Å²) >= 11 is 3.73. The second-order valence-corrected chi connectivity index (χ2v) is 12.7. The lowest BCUT2D eigenvalue weighted by Gasteiger charge is -2.20. The van der Waals surface area contributed by atoms with Crippen LogP contribution >= 0.6 is 23.1 Å². The number of thioether (sulfide) groups is 1. The normalized spacial score (nSPS) is 12.7. The largest absolute Gasteiger partial charge is 0.144 e. The molecule has 0 spiro atoms. The molecule has 0 N–H and O–H groups in total. The molecular weight excluding hydrogens is 272 g/mol. The van der Waals surface area contributed by atoms with Crippen molar-refractivity contribution in [3.05, 3.63) is 57.3 Å². The first-order valence-corrected chi connectivity index (χ1v) is 11.2. The molecule has 94 valence electrons. The average molecular weight is 291 g/mol. The van der Waals surface area contributed by atoms with Crippen LogP contribution in [-0.2, 0) is 0 Å². The smallest absolute Gasteiger partial charge is 0.0862 e. The summed E-state index contributed by atoms with van der Waals surface area (Å²) in [7, 11) is -1.29. The van der Waals surface area contributed by atoms with Crippen LogP contribution in [0.5, 0.6) is 0 Å². The summed E-state index contributed by atoms with van der Waals surface area (Å²) in [6, 6.07) is 15.0. The van der Waals surface area contributed by atoms with Crippen LogP contribution in [0.25, 0.3) is 6.08 Å². The van der Waals surface area contributed by atoms with Crippen molar-refractivity contribution in [1.82, 2.24) is 0 Å². The minimum absolute atomic E-state index is 1.29. The van der Waals surface area contributed by atoms with E-state index in [0.717, 1.165) is 0 Å². The van der Waals surface area contributed by atoms with Gasteiger partial charge in [-0.25, -0.2) is 0 Å². The molecule has 2 aromatic rings. The fourth-order valence-electron chi connectivity index (χ4n) is 1.52. The second-order valence-electron chi connectivity index (χ2n) is 5.19. The summed E-state index contributed by atoms with van der Waals surface area (Å²) in [6.45, 7) is 7.22. The minimum Gasteiger partial charge on any atom is -0.144 e. The van der Waals surface area contributed by atoms with E-state index in [4.69, 9.17) is 0 Å². The Morgan fingerprint density at radius 1 is 1.06 bits per heavy atom. The van der Waals surface area contributed by atoms with E-state index in [2.05, 4.69) is 73.6 Å². The van der Waals surface area contributed by atoms with E-state index in [1.807, 2.05) is 23.1 Å². The summed E-state index contributed by atoms with van der Waals surface area (Å²) in [4.78, 5) is 2.69. The lowest BCUT2D eigenvalue weighted by Crippen LogP contribution is -2.21. The van der Waals surface area contributed by atoms with Crippen molar-refractivity contribution >= 4 is 37.2 Å². The molecule has 3 heteroatoms. The highest BCUT2D eigenvalue weighted by molar-refractivity contribution is 8.05. The molecular formula is C15H18S2Si. The first kappa shape index (κ1) is 13.7. The topological polar surface area (TPSA) is 0 Å². The zero-order valence-electron chi connectivity index (χ0n) is 11.0. The number of thiophene rings is 1. The van der Waals surface area contributed by atoms with Gasteiger partial charge in [-0.1, -0.05) is 55.7 Å². The number of hydrogen-bond donors (Lipinski definition) is 0. The van der Waals surface area contributed by atoms with Gasteiger partial charge < -0.3 is 0 Å². The Kier molecular flexibility index (Phi) is 4.48. The van der Waals surface area contributed by atoms with E-state index in [1.165, 1.54) is 14.3 Å². The third kappa shape index (κ3) is 3.87. The van der Waals surface area contributed by atoms with E-state index in [0.29, 0.717) is 0 Å². The minimum atomic E-state index is -1.29. The predicted molar refractivity (Wildman–Crippen MR) is 87.9 cm³/mol. The van der Waals surface area contributed by atoms with Crippen molar-refractivity contribution in [2.45, 2.75) is 24.5 Å². The summed E-state index contributed by atoms with van der Waals surface area (Å²) in [6.07, 6.45) is 2.37. The molecule has 0 saturated carbocycles. The van der Waals surface area contributed by atoms with Gasteiger partial charge in [0, 0.05) is 9.77 Å². The van der Waals surface area contributed by atoms with Gasteiger partial charge in [0.25, 0.3) is 0 Å². The first-order chi connectivity index (χ1) is 8.55. The molecule has 1 aromatic heterocycles. The summed E-state index contributed by atoms with van der Waals surface area (Å²) in [5.74, 6) is 0. The van der Waals surface area contributed by atoms with Gasteiger partial charge in [0.2, 0.25) is 0 Å². The molecule has 18 heavy (non-hydrogen) atoms. The summed E-state index contributed by atoms with van der Waals surface area (Å²) in [5, 5.41) is 2.14. The van der Waals surface area contributed by atoms with Gasteiger partial charge in [0.1, 0.15) is 0 Å². The SMILES string of the molecule is C[Si](C)(C)/C(=C/c1cccs1)Sc1ccccc1. The zero-order valence-corrected chi connectivity index (χ0v) is 13.6. The van der Waals surface area contributed by atoms with Crippen LogP contribution in [0.4, 0.5) is 0 Å². The van der Waals surface area contributed by atoms with Gasteiger partial charge >= 0.3 is 0 Å². The van der Waals surface area contributed by atoms with Gasteiger partial charge in [-0.15, -0.1) is 11.3 Å². The third-order valence-corrected chi connectivity index (χ3v) is 7.96. The fourth-order valence-corrected chi connectivity index (χ4v) is 5.25. The molecule has 2 rings (SSSR count). The zero-order chi connectivity index (χ0) is 13.0.